The molecule has 10 aromatic heterocycles. The number of aryl methyl sites for hydroxylation is 9. The van der Waals surface area contributed by atoms with E-state index in [1.807, 2.05) is 104 Å². The summed E-state index contributed by atoms with van der Waals surface area (Å²) in [5.74, 6) is -3.18. The van der Waals surface area contributed by atoms with Crippen LogP contribution >= 0.6 is 11.6 Å². The SMILES string of the molecule is Cc1cc(-c2ncn(/C=C(/C(N)=O)c3cccnc3)n2)cc(C(F)(F)F)c1.Cc1cc(C)cc(-c2ncn(/C=C(/C(N)=O)c3ccc(Cl)nc3)n2)c1.Cc1cc(C)cc(-c2ncn(/C=C(/C(N)=O)c3ccc(F)nc3)n2)c1.Cc1cc(C)cc(-c2ncn(/C=C(/C(N)=O)c3ccnc(F)c3)n2)c1.Cc1cc(C)cc(-c2ncn(/C=C(/C(N)=O)c3ccncc3F)n2)c1. The molecule has 0 spiro atoms. The second-order valence-corrected chi connectivity index (χ2v) is 29.0. The van der Waals surface area contributed by atoms with Crippen LogP contribution in [0.25, 0.3) is 116 Å². The second-order valence-electron chi connectivity index (χ2n) is 28.6. The monoisotopic (exact) mass is 1740 g/mol. The molecule has 0 bridgehead atoms. The van der Waals surface area contributed by atoms with Gasteiger partial charge in [-0.25, -0.2) is 67.7 Å². The van der Waals surface area contributed by atoms with Gasteiger partial charge in [-0.05, 0) is 183 Å². The van der Waals surface area contributed by atoms with E-state index in [-0.39, 0.29) is 44.8 Å². The molecule has 0 saturated carbocycles. The minimum atomic E-state index is -4.47. The van der Waals surface area contributed by atoms with Crippen LogP contribution < -0.4 is 28.7 Å². The van der Waals surface area contributed by atoms with Crippen molar-refractivity contribution in [2.45, 2.75) is 68.5 Å². The highest BCUT2D eigenvalue weighted by molar-refractivity contribution is 6.29. The van der Waals surface area contributed by atoms with Crippen molar-refractivity contribution < 1.29 is 50.3 Å². The maximum atomic E-state index is 13.9. The first kappa shape index (κ1) is 91.2. The maximum Gasteiger partial charge on any atom is 0.416 e. The Hall–Kier alpha value is -16.5. The molecule has 0 aliphatic rings. The van der Waals surface area contributed by atoms with Crippen LogP contribution in [0, 0.1) is 80.0 Å². The fraction of sp³-hybridized carbons (Fsp3) is 0.111. The van der Waals surface area contributed by atoms with Crippen molar-refractivity contribution in [3.05, 3.63) is 327 Å². The summed E-state index contributed by atoms with van der Waals surface area (Å²) in [5, 5.41) is 21.9. The van der Waals surface area contributed by atoms with Crippen molar-refractivity contribution >= 4 is 100 Å². The minimum Gasteiger partial charge on any atom is -0.366 e. The molecule has 37 heteroatoms. The predicted octanol–water partition coefficient (Wildman–Crippen LogP) is 14.0. The zero-order chi connectivity index (χ0) is 91.5. The number of amides is 5. The van der Waals surface area contributed by atoms with E-state index in [2.05, 4.69) is 99.6 Å². The summed E-state index contributed by atoms with van der Waals surface area (Å²) in [5.41, 5.74) is 41.9. The molecule has 642 valence electrons. The highest BCUT2D eigenvalue weighted by Crippen LogP contribution is 2.34. The molecule has 10 heterocycles. The molecular formula is C90H78ClF6N25O5. The molecule has 0 aliphatic carbocycles. The molecule has 0 atom stereocenters. The van der Waals surface area contributed by atoms with Gasteiger partial charge < -0.3 is 28.7 Å². The van der Waals surface area contributed by atoms with Crippen molar-refractivity contribution in [3.8, 4) is 56.9 Å². The topological polar surface area (TPSA) is 433 Å². The van der Waals surface area contributed by atoms with E-state index in [4.69, 9.17) is 40.3 Å². The van der Waals surface area contributed by atoms with Crippen molar-refractivity contribution in [2.24, 2.45) is 28.7 Å². The fourth-order valence-corrected chi connectivity index (χ4v) is 12.8. The number of nitrogens with zero attached hydrogens (tertiary/aromatic N) is 20. The summed E-state index contributed by atoms with van der Waals surface area (Å²) in [6, 6.07) is 40.9. The number of hydrogen-bond donors (Lipinski definition) is 5. The van der Waals surface area contributed by atoms with Gasteiger partial charge in [-0.1, -0.05) is 86.4 Å². The largest absolute Gasteiger partial charge is 0.416 e. The quantitative estimate of drug-likeness (QED) is 0.0269. The van der Waals surface area contributed by atoms with Crippen molar-refractivity contribution in [1.29, 1.82) is 0 Å². The van der Waals surface area contributed by atoms with Crippen LogP contribution in [0.5, 0.6) is 0 Å². The summed E-state index contributed by atoms with van der Waals surface area (Å²) in [4.78, 5) is 98.4. The van der Waals surface area contributed by atoms with Crippen LogP contribution in [0.2, 0.25) is 5.15 Å². The Bertz CT molecular complexity index is 6510. The Morgan fingerprint density at radius 2 is 0.654 bits per heavy atom. The highest BCUT2D eigenvalue weighted by Gasteiger charge is 2.31. The number of carbonyl (C=O) groups excluding carboxylic acids is 5. The van der Waals surface area contributed by atoms with Gasteiger partial charge in [0.25, 0.3) is 29.5 Å². The van der Waals surface area contributed by atoms with Gasteiger partial charge in [0.05, 0.1) is 39.6 Å². The summed E-state index contributed by atoms with van der Waals surface area (Å²) >= 11 is 5.78. The van der Waals surface area contributed by atoms with Gasteiger partial charge in [0, 0.05) is 124 Å². The van der Waals surface area contributed by atoms with Gasteiger partial charge in [-0.3, -0.25) is 33.9 Å². The first-order valence-electron chi connectivity index (χ1n) is 38.0. The van der Waals surface area contributed by atoms with E-state index >= 15 is 0 Å². The van der Waals surface area contributed by atoms with Gasteiger partial charge >= 0.3 is 6.18 Å². The van der Waals surface area contributed by atoms with Gasteiger partial charge in [0.1, 0.15) is 42.6 Å². The number of carbonyl (C=O) groups is 5. The Kier molecular flexibility index (Phi) is 29.4. The van der Waals surface area contributed by atoms with Crippen LogP contribution in [-0.4, -0.2) is 128 Å². The van der Waals surface area contributed by atoms with Crippen LogP contribution in [-0.2, 0) is 30.1 Å². The molecule has 0 unspecified atom stereocenters. The Labute approximate surface area is 726 Å². The molecular weight excluding hydrogens is 1660 g/mol. The molecule has 0 aliphatic heterocycles. The number of rotatable bonds is 20. The van der Waals surface area contributed by atoms with Gasteiger partial charge in [-0.2, -0.15) is 22.0 Å². The van der Waals surface area contributed by atoms with Crippen molar-refractivity contribution in [1.82, 2.24) is 98.7 Å². The average molecular weight is 1740 g/mol. The standard InChI is InChI=1S/C18H16ClN5O.C18H14F3N5O.3C18H16FN5O/c1-11-5-12(2)7-14(6-11)18-22-10-24(23-18)9-15(17(20)25)13-3-4-16(19)21-8-13;1-11-5-13(7-14(6-11)18(19,20)21)17-24-10-26(25-17)9-15(16(22)27)12-3-2-4-23-8-12;1-11-5-12(2)7-13(6-11)18-22-10-24(23-18)9-15(17(20)25)14-3-4-21-8-16(14)19;1-11-5-12(2)7-14(6-11)18-22-10-24(23-18)9-15(17(20)25)13-3-4-21-16(19)8-13;1-11-5-12(2)7-14(6-11)18-22-10-24(23-18)9-15(17(20)25)13-3-4-16(19)21-8-13/h3-10H,1-2H3,(H2,20,25);2-10H,1H3,(H2,22,27);3*3-10H,1-2H3,(H2,20,25)/b5*15-9+. The molecule has 0 saturated heterocycles. The normalized spacial score (nSPS) is 11.7. The Morgan fingerprint density at radius 3 is 0.969 bits per heavy atom. The number of benzene rings is 5. The summed E-state index contributed by atoms with van der Waals surface area (Å²) < 4.78 is 86.0. The lowest BCUT2D eigenvalue weighted by atomic mass is 10.1. The van der Waals surface area contributed by atoms with E-state index in [1.165, 1.54) is 135 Å². The molecule has 5 aromatic carbocycles. The van der Waals surface area contributed by atoms with Crippen molar-refractivity contribution in [3.63, 3.8) is 0 Å². The van der Waals surface area contributed by atoms with Crippen LogP contribution in [0.4, 0.5) is 26.3 Å². The minimum absolute atomic E-state index is 0.0169. The molecule has 10 N–H and O–H groups in total. The lowest BCUT2D eigenvalue weighted by Crippen LogP contribution is -2.14. The zero-order valence-corrected chi connectivity index (χ0v) is 69.9. The predicted molar refractivity (Wildman–Crippen MR) is 468 cm³/mol. The average Bonchev–Trinajstić information content (AvgIpc) is 1.72. The lowest BCUT2D eigenvalue weighted by Gasteiger charge is -2.09. The molecule has 5 amide bonds. The van der Waals surface area contributed by atoms with Gasteiger partial charge in [0.2, 0.25) is 11.9 Å². The number of pyridine rings is 5. The third-order valence-corrected chi connectivity index (χ3v) is 18.1. The Morgan fingerprint density at radius 1 is 0.323 bits per heavy atom. The zero-order valence-electron chi connectivity index (χ0n) is 69.2. The number of nitrogens with two attached hydrogens (primary N) is 5. The maximum absolute atomic E-state index is 13.9. The first-order valence-corrected chi connectivity index (χ1v) is 38.4. The highest BCUT2D eigenvalue weighted by atomic mass is 35.5. The van der Waals surface area contributed by atoms with E-state index in [0.29, 0.717) is 56.3 Å². The first-order chi connectivity index (χ1) is 60.4. The van der Waals surface area contributed by atoms with Crippen molar-refractivity contribution in [2.75, 3.05) is 0 Å². The van der Waals surface area contributed by atoms with E-state index in [9.17, 15) is 50.3 Å². The summed E-state index contributed by atoms with van der Waals surface area (Å²) in [6.45, 7) is 17.6. The number of alkyl halides is 3. The molecule has 0 radical (unpaired) electrons. The van der Waals surface area contributed by atoms with Crippen LogP contribution in [0.15, 0.2) is 221 Å². The van der Waals surface area contributed by atoms with E-state index < -0.39 is 59.0 Å². The number of hydrogen-bond acceptors (Lipinski definition) is 20. The van der Waals surface area contributed by atoms with Crippen LogP contribution in [0.1, 0.15) is 83.5 Å². The molecule has 0 fully saturated rings. The number of halogens is 7. The third-order valence-electron chi connectivity index (χ3n) is 17.9. The van der Waals surface area contributed by atoms with Crippen LogP contribution in [0.3, 0.4) is 0 Å². The molecule has 30 nitrogen and oxygen atoms in total. The van der Waals surface area contributed by atoms with Gasteiger partial charge in [-0.15, -0.1) is 25.5 Å². The lowest BCUT2D eigenvalue weighted by molar-refractivity contribution is -0.137. The third kappa shape index (κ3) is 25.3. The molecule has 15 aromatic rings. The Balaban J connectivity index is 0.000000154. The summed E-state index contributed by atoms with van der Waals surface area (Å²) in [7, 11) is 0. The molecule has 15 rings (SSSR count). The fourth-order valence-electron chi connectivity index (χ4n) is 12.6. The van der Waals surface area contributed by atoms with E-state index in [1.54, 1.807) is 43.5 Å². The smallest absolute Gasteiger partial charge is 0.366 e. The van der Waals surface area contributed by atoms with Gasteiger partial charge in [0.15, 0.2) is 29.1 Å². The number of primary amides is 5. The second kappa shape index (κ2) is 40.9. The number of aromatic nitrogens is 20. The van der Waals surface area contributed by atoms with E-state index in [0.717, 1.165) is 97.2 Å². The molecule has 127 heavy (non-hydrogen) atoms. The summed E-state index contributed by atoms with van der Waals surface area (Å²) in [6.07, 6.45) is 19.2.